The van der Waals surface area contributed by atoms with Gasteiger partial charge in [0.05, 0.1) is 5.02 Å². The number of halogens is 1. The number of amides is 3. The number of likely N-dealkylation sites (tertiary alicyclic amines) is 1. The van der Waals surface area contributed by atoms with Crippen LogP contribution in [-0.4, -0.2) is 68.8 Å². The van der Waals surface area contributed by atoms with Gasteiger partial charge in [-0.2, -0.15) is 0 Å². The van der Waals surface area contributed by atoms with Crippen LogP contribution in [0, 0.1) is 0 Å². The number of nitrogens with one attached hydrogen (secondary N) is 1. The largest absolute Gasteiger partial charge is 0.489 e. The molecule has 2 aromatic rings. The number of carbonyl (C=O) groups excluding carboxylic acids is 3. The highest BCUT2D eigenvalue weighted by atomic mass is 35.5. The first-order chi connectivity index (χ1) is 17.5. The van der Waals surface area contributed by atoms with E-state index >= 15 is 0 Å². The summed E-state index contributed by atoms with van der Waals surface area (Å²) >= 11 is 5.92. The first-order valence-electron chi connectivity index (χ1n) is 12.6. The van der Waals surface area contributed by atoms with E-state index in [1.165, 1.54) is 6.42 Å². The third-order valence-corrected chi connectivity index (χ3v) is 8.03. The van der Waals surface area contributed by atoms with Gasteiger partial charge in [-0.3, -0.25) is 24.6 Å². The smallest absolute Gasteiger partial charge is 0.255 e. The van der Waals surface area contributed by atoms with Crippen LogP contribution >= 0.6 is 11.6 Å². The number of piperidine rings is 1. The van der Waals surface area contributed by atoms with Gasteiger partial charge in [0.2, 0.25) is 11.8 Å². The average molecular weight is 510 g/mol. The molecule has 9 nitrogen and oxygen atoms in total. The van der Waals surface area contributed by atoms with E-state index in [1.807, 2.05) is 12.1 Å². The van der Waals surface area contributed by atoms with E-state index in [0.29, 0.717) is 35.5 Å². The van der Waals surface area contributed by atoms with Gasteiger partial charge in [0.15, 0.2) is 0 Å². The van der Waals surface area contributed by atoms with E-state index < -0.39 is 11.9 Å². The van der Waals surface area contributed by atoms with Crippen molar-refractivity contribution in [2.75, 3.05) is 13.1 Å². The normalized spacial score (nSPS) is 27.0. The summed E-state index contributed by atoms with van der Waals surface area (Å²) in [6, 6.07) is 5.31. The summed E-state index contributed by atoms with van der Waals surface area (Å²) in [6.45, 7) is 2.16. The minimum Gasteiger partial charge on any atom is -0.489 e. The Bertz CT molecular complexity index is 1200. The van der Waals surface area contributed by atoms with Crippen molar-refractivity contribution in [3.05, 3.63) is 52.6 Å². The van der Waals surface area contributed by atoms with Crippen LogP contribution in [0.3, 0.4) is 0 Å². The number of hydrogen-bond acceptors (Lipinski definition) is 7. The van der Waals surface area contributed by atoms with Crippen molar-refractivity contribution in [1.82, 2.24) is 25.1 Å². The van der Waals surface area contributed by atoms with E-state index in [4.69, 9.17) is 16.3 Å². The molecule has 4 aliphatic rings. The van der Waals surface area contributed by atoms with Gasteiger partial charge in [-0.05, 0) is 49.4 Å². The van der Waals surface area contributed by atoms with Crippen molar-refractivity contribution < 1.29 is 19.1 Å². The topological polar surface area (TPSA) is 105 Å². The molecule has 0 spiro atoms. The molecule has 1 N–H and O–H groups in total. The summed E-state index contributed by atoms with van der Waals surface area (Å²) in [4.78, 5) is 49.6. The number of imide groups is 1. The molecule has 10 heteroatoms. The van der Waals surface area contributed by atoms with Crippen LogP contribution in [-0.2, 0) is 16.1 Å². The fourth-order valence-electron chi connectivity index (χ4n) is 5.91. The fraction of sp³-hybridized carbons (Fsp3) is 0.500. The number of benzene rings is 1. The van der Waals surface area contributed by atoms with Gasteiger partial charge in [0.1, 0.15) is 23.7 Å². The lowest BCUT2D eigenvalue weighted by atomic mass is 9.86. The zero-order valence-electron chi connectivity index (χ0n) is 19.9. The molecule has 3 atom stereocenters. The molecule has 0 radical (unpaired) electrons. The molecule has 4 heterocycles. The number of ether oxygens (including phenoxy) is 1. The zero-order valence-corrected chi connectivity index (χ0v) is 20.6. The molecular formula is C26H28ClN5O4. The molecule has 3 aliphatic heterocycles. The molecule has 1 unspecified atom stereocenters. The predicted molar refractivity (Wildman–Crippen MR) is 131 cm³/mol. The number of rotatable bonds is 5. The Hall–Kier alpha value is -3.04. The Kier molecular flexibility index (Phi) is 6.13. The lowest BCUT2D eigenvalue weighted by Crippen LogP contribution is -2.57. The van der Waals surface area contributed by atoms with Gasteiger partial charge >= 0.3 is 0 Å². The lowest BCUT2D eigenvalue weighted by Gasteiger charge is -2.47. The first kappa shape index (κ1) is 23.4. The third-order valence-electron chi connectivity index (χ3n) is 7.83. The van der Waals surface area contributed by atoms with Crippen LogP contribution in [0.4, 0.5) is 0 Å². The van der Waals surface area contributed by atoms with Crippen molar-refractivity contribution >= 4 is 29.3 Å². The SMILES string of the molecule is O=C1CCC(N2Cc3cc(O[C@H]4CCCC[C@H]4N4CC(c5ncc(Cl)cn5)C4)ccc3C2=O)C(=O)N1. The zero-order chi connectivity index (χ0) is 24.8. The van der Waals surface area contributed by atoms with Crippen LogP contribution in [0.15, 0.2) is 30.6 Å². The highest BCUT2D eigenvalue weighted by molar-refractivity contribution is 6.30. The van der Waals surface area contributed by atoms with Crippen molar-refractivity contribution in [2.45, 2.75) is 69.2 Å². The Morgan fingerprint density at radius 2 is 1.81 bits per heavy atom. The summed E-state index contributed by atoms with van der Waals surface area (Å²) in [5, 5.41) is 2.89. The van der Waals surface area contributed by atoms with Crippen LogP contribution in [0.1, 0.15) is 66.2 Å². The molecule has 36 heavy (non-hydrogen) atoms. The van der Waals surface area contributed by atoms with Crippen molar-refractivity contribution in [2.24, 2.45) is 0 Å². The van der Waals surface area contributed by atoms with Gasteiger partial charge in [0, 0.05) is 56.0 Å². The molecule has 2 saturated heterocycles. The van der Waals surface area contributed by atoms with Crippen LogP contribution < -0.4 is 10.1 Å². The molecular weight excluding hydrogens is 482 g/mol. The van der Waals surface area contributed by atoms with Crippen LogP contribution in [0.5, 0.6) is 5.75 Å². The molecule has 1 aromatic heterocycles. The molecule has 1 saturated carbocycles. The van der Waals surface area contributed by atoms with Crippen LogP contribution in [0.2, 0.25) is 5.02 Å². The Labute approximate surface area is 214 Å². The Morgan fingerprint density at radius 3 is 2.58 bits per heavy atom. The molecule has 188 valence electrons. The van der Waals surface area contributed by atoms with Crippen molar-refractivity contribution in [3.8, 4) is 5.75 Å². The molecule has 0 bridgehead atoms. The maximum absolute atomic E-state index is 13.0. The first-order valence-corrected chi connectivity index (χ1v) is 13.0. The fourth-order valence-corrected chi connectivity index (χ4v) is 6.01. The van der Waals surface area contributed by atoms with E-state index in [0.717, 1.165) is 49.5 Å². The molecule has 3 fully saturated rings. The number of nitrogens with zero attached hydrogens (tertiary/aromatic N) is 4. The molecule has 1 aliphatic carbocycles. The second-order valence-electron chi connectivity index (χ2n) is 10.1. The van der Waals surface area contributed by atoms with Gasteiger partial charge < -0.3 is 9.64 Å². The van der Waals surface area contributed by atoms with Crippen molar-refractivity contribution in [1.29, 1.82) is 0 Å². The van der Waals surface area contributed by atoms with Gasteiger partial charge in [0.25, 0.3) is 5.91 Å². The van der Waals surface area contributed by atoms with Crippen LogP contribution in [0.25, 0.3) is 0 Å². The second-order valence-corrected chi connectivity index (χ2v) is 10.6. The predicted octanol–water partition coefficient (Wildman–Crippen LogP) is 2.68. The van der Waals surface area contributed by atoms with E-state index in [9.17, 15) is 14.4 Å². The van der Waals surface area contributed by atoms with Gasteiger partial charge in [-0.25, -0.2) is 9.97 Å². The summed E-state index contributed by atoms with van der Waals surface area (Å²) in [5.74, 6) is 1.05. The summed E-state index contributed by atoms with van der Waals surface area (Å²) in [6.07, 6.45) is 8.37. The van der Waals surface area contributed by atoms with Gasteiger partial charge in [-0.1, -0.05) is 18.0 Å². The lowest BCUT2D eigenvalue weighted by molar-refractivity contribution is -0.136. The molecule has 3 amide bonds. The average Bonchev–Trinajstić information content (AvgIpc) is 3.16. The molecule has 1 aromatic carbocycles. The number of hydrogen-bond donors (Lipinski definition) is 1. The highest BCUT2D eigenvalue weighted by Gasteiger charge is 2.41. The number of carbonyl (C=O) groups is 3. The Morgan fingerprint density at radius 1 is 1.03 bits per heavy atom. The number of fused-ring (bicyclic) bond motifs is 1. The quantitative estimate of drug-likeness (QED) is 0.618. The summed E-state index contributed by atoms with van der Waals surface area (Å²) in [5.41, 5.74) is 1.46. The highest BCUT2D eigenvalue weighted by Crippen LogP contribution is 2.36. The molecule has 6 rings (SSSR count). The standard InChI is InChI=1S/C26H28ClN5O4/c27-17-10-28-24(29-11-17)16-12-31(13-16)20-3-1-2-4-22(20)36-18-5-6-19-15(9-18)14-32(26(19)35)21-7-8-23(33)30-25(21)34/h5-6,9-11,16,20-22H,1-4,7-8,12-14H2,(H,30,33,34)/t20-,21?,22+/m1/s1. The van der Waals surface area contributed by atoms with E-state index in [1.54, 1.807) is 23.4 Å². The maximum atomic E-state index is 13.0. The minimum absolute atomic E-state index is 0.0761. The van der Waals surface area contributed by atoms with E-state index in [-0.39, 0.29) is 24.3 Å². The minimum atomic E-state index is -0.612. The third kappa shape index (κ3) is 4.35. The summed E-state index contributed by atoms with van der Waals surface area (Å²) < 4.78 is 6.51. The van der Waals surface area contributed by atoms with E-state index in [2.05, 4.69) is 20.2 Å². The maximum Gasteiger partial charge on any atom is 0.255 e. The van der Waals surface area contributed by atoms with Crippen molar-refractivity contribution in [3.63, 3.8) is 0 Å². The monoisotopic (exact) mass is 509 g/mol. The summed E-state index contributed by atoms with van der Waals surface area (Å²) in [7, 11) is 0. The van der Waals surface area contributed by atoms with Gasteiger partial charge in [-0.15, -0.1) is 0 Å². The second kappa shape index (κ2) is 9.44. The Balaban J connectivity index is 1.11. The number of aromatic nitrogens is 2.